The number of nitrogens with zero attached hydrogens (tertiary/aromatic N) is 1. The van der Waals surface area contributed by atoms with Crippen molar-refractivity contribution in [1.82, 2.24) is 4.31 Å². The number of alkyl halides is 3. The smallest absolute Gasteiger partial charge is 0.207 e. The standard InChI is InChI=1S/C13H17F4NO2S/c1-9(2)7-18(8-13(15,16)17)21(19,20)12-6-10(3)4-5-11(12)14/h4-6,9H,7-8H2,1-3H3. The lowest BCUT2D eigenvalue weighted by molar-refractivity contribution is -0.136. The minimum Gasteiger partial charge on any atom is -0.207 e. The van der Waals surface area contributed by atoms with E-state index >= 15 is 0 Å². The Morgan fingerprint density at radius 2 is 1.81 bits per heavy atom. The zero-order valence-corrected chi connectivity index (χ0v) is 12.7. The van der Waals surface area contributed by atoms with Gasteiger partial charge in [-0.15, -0.1) is 0 Å². The molecular formula is C13H17F4NO2S. The Kier molecular flexibility index (Phi) is 5.38. The highest BCUT2D eigenvalue weighted by Gasteiger charge is 2.38. The third-order valence-electron chi connectivity index (χ3n) is 2.63. The molecule has 0 radical (unpaired) electrons. The number of sulfonamides is 1. The highest BCUT2D eigenvalue weighted by molar-refractivity contribution is 7.89. The van der Waals surface area contributed by atoms with Crippen LogP contribution in [0.1, 0.15) is 19.4 Å². The molecule has 0 unspecified atom stereocenters. The Bertz CT molecular complexity index is 597. The van der Waals surface area contributed by atoms with Gasteiger partial charge in [0.2, 0.25) is 10.0 Å². The quantitative estimate of drug-likeness (QED) is 0.778. The van der Waals surface area contributed by atoms with Gasteiger partial charge in [0.15, 0.2) is 0 Å². The summed E-state index contributed by atoms with van der Waals surface area (Å²) in [6.45, 7) is 2.74. The van der Waals surface area contributed by atoms with Gasteiger partial charge in [-0.2, -0.15) is 17.5 Å². The molecule has 1 aromatic rings. The average molecular weight is 327 g/mol. The third-order valence-corrected chi connectivity index (χ3v) is 4.46. The molecule has 0 saturated carbocycles. The summed E-state index contributed by atoms with van der Waals surface area (Å²) in [6.07, 6.45) is -4.69. The summed E-state index contributed by atoms with van der Waals surface area (Å²) in [5, 5.41) is 0. The lowest BCUT2D eigenvalue weighted by atomic mass is 10.2. The molecule has 0 atom stereocenters. The van der Waals surface area contributed by atoms with Crippen molar-refractivity contribution in [2.75, 3.05) is 13.1 Å². The summed E-state index contributed by atoms with van der Waals surface area (Å²) in [4.78, 5) is -0.729. The molecule has 3 nitrogen and oxygen atoms in total. The zero-order chi connectivity index (χ0) is 16.4. The van der Waals surface area contributed by atoms with Crippen molar-refractivity contribution in [1.29, 1.82) is 0 Å². The van der Waals surface area contributed by atoms with Gasteiger partial charge in [0, 0.05) is 6.54 Å². The maximum absolute atomic E-state index is 13.7. The predicted molar refractivity (Wildman–Crippen MR) is 70.8 cm³/mol. The third kappa shape index (κ3) is 4.96. The van der Waals surface area contributed by atoms with Gasteiger partial charge in [-0.25, -0.2) is 12.8 Å². The summed E-state index contributed by atoms with van der Waals surface area (Å²) in [7, 11) is -4.54. The molecule has 120 valence electrons. The molecule has 0 aromatic heterocycles. The van der Waals surface area contributed by atoms with Gasteiger partial charge >= 0.3 is 6.18 Å². The minimum absolute atomic E-state index is 0.273. The van der Waals surface area contributed by atoms with Crippen LogP contribution in [-0.4, -0.2) is 32.0 Å². The van der Waals surface area contributed by atoms with E-state index in [4.69, 9.17) is 0 Å². The predicted octanol–water partition coefficient (Wildman–Crippen LogP) is 3.34. The van der Waals surface area contributed by atoms with E-state index in [2.05, 4.69) is 0 Å². The number of rotatable bonds is 5. The molecule has 0 aliphatic carbocycles. The van der Waals surface area contributed by atoms with Crippen LogP contribution in [0.4, 0.5) is 17.6 Å². The molecule has 1 aromatic carbocycles. The minimum atomic E-state index is -4.69. The summed E-state index contributed by atoms with van der Waals surface area (Å²) in [5.74, 6) is -1.38. The lowest BCUT2D eigenvalue weighted by Gasteiger charge is -2.25. The SMILES string of the molecule is Cc1ccc(F)c(S(=O)(=O)N(CC(C)C)CC(F)(F)F)c1. The van der Waals surface area contributed by atoms with E-state index in [9.17, 15) is 26.0 Å². The van der Waals surface area contributed by atoms with Crippen LogP contribution in [0.2, 0.25) is 0 Å². The van der Waals surface area contributed by atoms with Gasteiger partial charge in [-0.3, -0.25) is 0 Å². The maximum atomic E-state index is 13.7. The van der Waals surface area contributed by atoms with Crippen molar-refractivity contribution in [2.24, 2.45) is 5.92 Å². The van der Waals surface area contributed by atoms with Crippen molar-refractivity contribution in [3.63, 3.8) is 0 Å². The van der Waals surface area contributed by atoms with Crippen molar-refractivity contribution in [3.8, 4) is 0 Å². The van der Waals surface area contributed by atoms with Gasteiger partial charge < -0.3 is 0 Å². The molecule has 0 bridgehead atoms. The van der Waals surface area contributed by atoms with Crippen LogP contribution >= 0.6 is 0 Å². The first-order valence-electron chi connectivity index (χ1n) is 6.26. The van der Waals surface area contributed by atoms with Crippen LogP contribution in [0.5, 0.6) is 0 Å². The fourth-order valence-electron chi connectivity index (χ4n) is 1.80. The molecule has 0 heterocycles. The van der Waals surface area contributed by atoms with E-state index in [0.29, 0.717) is 5.56 Å². The molecule has 0 saturated heterocycles. The van der Waals surface area contributed by atoms with Gasteiger partial charge in [0.05, 0.1) is 0 Å². The summed E-state index contributed by atoms with van der Waals surface area (Å²) >= 11 is 0. The van der Waals surface area contributed by atoms with Crippen LogP contribution in [0.25, 0.3) is 0 Å². The van der Waals surface area contributed by atoms with E-state index in [1.165, 1.54) is 13.0 Å². The number of benzene rings is 1. The van der Waals surface area contributed by atoms with Crippen molar-refractivity contribution >= 4 is 10.0 Å². The van der Waals surface area contributed by atoms with Crippen molar-refractivity contribution in [2.45, 2.75) is 31.8 Å². The van der Waals surface area contributed by atoms with E-state index < -0.39 is 33.5 Å². The second-order valence-corrected chi connectivity index (χ2v) is 7.15. The monoisotopic (exact) mass is 327 g/mol. The van der Waals surface area contributed by atoms with Crippen LogP contribution in [0.3, 0.4) is 0 Å². The number of aryl methyl sites for hydroxylation is 1. The van der Waals surface area contributed by atoms with Crippen LogP contribution in [0, 0.1) is 18.7 Å². The van der Waals surface area contributed by atoms with Gasteiger partial charge in [0.25, 0.3) is 0 Å². The highest BCUT2D eigenvalue weighted by atomic mass is 32.2. The average Bonchev–Trinajstić information content (AvgIpc) is 2.29. The molecule has 0 amide bonds. The number of hydrogen-bond acceptors (Lipinski definition) is 2. The highest BCUT2D eigenvalue weighted by Crippen LogP contribution is 2.25. The van der Waals surface area contributed by atoms with Crippen molar-refractivity contribution in [3.05, 3.63) is 29.6 Å². The first-order chi connectivity index (χ1) is 9.43. The molecular weight excluding hydrogens is 310 g/mol. The lowest BCUT2D eigenvalue weighted by Crippen LogP contribution is -2.41. The number of halogens is 4. The maximum Gasteiger partial charge on any atom is 0.402 e. The van der Waals surface area contributed by atoms with Crippen LogP contribution in [0.15, 0.2) is 23.1 Å². The largest absolute Gasteiger partial charge is 0.402 e. The molecule has 21 heavy (non-hydrogen) atoms. The number of hydrogen-bond donors (Lipinski definition) is 0. The van der Waals surface area contributed by atoms with Gasteiger partial charge in [-0.1, -0.05) is 19.9 Å². The van der Waals surface area contributed by atoms with Crippen LogP contribution < -0.4 is 0 Å². The van der Waals surface area contributed by atoms with Gasteiger partial charge in [-0.05, 0) is 30.5 Å². The van der Waals surface area contributed by atoms with E-state index in [0.717, 1.165) is 12.1 Å². The topological polar surface area (TPSA) is 37.4 Å². The Labute approximate surface area is 121 Å². The normalized spacial score (nSPS) is 13.2. The molecule has 1 rings (SSSR count). The van der Waals surface area contributed by atoms with Crippen LogP contribution in [-0.2, 0) is 10.0 Å². The second-order valence-electron chi connectivity index (χ2n) is 5.24. The molecule has 8 heteroatoms. The van der Waals surface area contributed by atoms with E-state index in [1.807, 2.05) is 0 Å². The fraction of sp³-hybridized carbons (Fsp3) is 0.538. The fourth-order valence-corrected chi connectivity index (χ4v) is 3.54. The Hall–Kier alpha value is -1.15. The molecule has 0 spiro atoms. The van der Waals surface area contributed by atoms with E-state index in [1.54, 1.807) is 13.8 Å². The summed E-state index contributed by atoms with van der Waals surface area (Å²) in [5.41, 5.74) is 0.450. The first-order valence-corrected chi connectivity index (χ1v) is 7.70. The second kappa shape index (κ2) is 6.31. The summed E-state index contributed by atoms with van der Waals surface area (Å²) in [6, 6.07) is 3.32. The molecule has 0 aliphatic rings. The zero-order valence-electron chi connectivity index (χ0n) is 11.9. The molecule has 0 aliphatic heterocycles. The van der Waals surface area contributed by atoms with Gasteiger partial charge in [0.1, 0.15) is 17.3 Å². The van der Waals surface area contributed by atoms with Crippen molar-refractivity contribution < 1.29 is 26.0 Å². The summed E-state index contributed by atoms with van der Waals surface area (Å²) < 4.78 is 76.3. The molecule has 0 N–H and O–H groups in total. The Morgan fingerprint density at radius 1 is 1.24 bits per heavy atom. The molecule has 0 fully saturated rings. The first kappa shape index (κ1) is 17.9. The Morgan fingerprint density at radius 3 is 2.29 bits per heavy atom. The van der Waals surface area contributed by atoms with E-state index in [-0.39, 0.29) is 16.8 Å². The Balaban J connectivity index is 3.29.